The van der Waals surface area contributed by atoms with Crippen molar-refractivity contribution in [2.24, 2.45) is 5.92 Å². The van der Waals surface area contributed by atoms with E-state index in [1.807, 2.05) is 6.92 Å². The Kier molecular flexibility index (Phi) is 4.58. The highest BCUT2D eigenvalue weighted by atomic mass is 32.2. The van der Waals surface area contributed by atoms with Gasteiger partial charge in [0.15, 0.2) is 9.84 Å². The Bertz CT molecular complexity index is 513. The highest BCUT2D eigenvalue weighted by Crippen LogP contribution is 2.24. The lowest BCUT2D eigenvalue weighted by Gasteiger charge is -2.23. The van der Waals surface area contributed by atoms with E-state index < -0.39 is 9.84 Å². The molecule has 2 atom stereocenters. The molecule has 1 aromatic carbocycles. The molecule has 1 aliphatic heterocycles. The monoisotopic (exact) mass is 285 g/mol. The lowest BCUT2D eigenvalue weighted by molar-refractivity contribution is 0.386. The minimum Gasteiger partial charge on any atom is -0.314 e. The van der Waals surface area contributed by atoms with Crippen molar-refractivity contribution in [1.82, 2.24) is 5.32 Å². The summed E-state index contributed by atoms with van der Waals surface area (Å²) in [5.74, 6) is 0.483. The molecule has 2 unspecified atom stereocenters. The molecule has 19 heavy (non-hydrogen) atoms. The first-order chi connectivity index (χ1) is 9.00. The van der Waals surface area contributed by atoms with Crippen LogP contribution >= 0.6 is 0 Å². The van der Waals surface area contributed by atoms with Gasteiger partial charge in [0.25, 0.3) is 0 Å². The van der Waals surface area contributed by atoms with Gasteiger partial charge in [0, 0.05) is 6.04 Å². The Morgan fingerprint density at radius 1 is 1.37 bits per heavy atom. The predicted octanol–water partition coefficient (Wildman–Crippen LogP) is 1.78. The second kappa shape index (κ2) is 6.01. The van der Waals surface area contributed by atoms with Crippen LogP contribution in [-0.2, 0) is 16.3 Å². The number of hydrogen-bond acceptors (Lipinski definition) is 3. The van der Waals surface area contributed by atoms with Gasteiger partial charge in [-0.05, 0) is 43.0 Å². The van der Waals surface area contributed by atoms with Crippen LogP contribution in [0, 0.1) is 11.7 Å². The van der Waals surface area contributed by atoms with E-state index in [9.17, 15) is 12.8 Å². The van der Waals surface area contributed by atoms with Gasteiger partial charge < -0.3 is 5.32 Å². The van der Waals surface area contributed by atoms with Crippen LogP contribution in [0.1, 0.15) is 18.9 Å². The molecule has 0 aliphatic carbocycles. The van der Waals surface area contributed by atoms with Crippen molar-refractivity contribution in [2.75, 3.05) is 18.1 Å². The summed E-state index contributed by atoms with van der Waals surface area (Å²) in [7, 11) is -2.86. The maximum absolute atomic E-state index is 12.9. The van der Waals surface area contributed by atoms with Gasteiger partial charge in [-0.3, -0.25) is 0 Å². The lowest BCUT2D eigenvalue weighted by atomic mass is 9.93. The molecule has 0 aromatic heterocycles. The highest BCUT2D eigenvalue weighted by molar-refractivity contribution is 7.91. The van der Waals surface area contributed by atoms with Crippen molar-refractivity contribution in [2.45, 2.75) is 25.8 Å². The first-order valence-corrected chi connectivity index (χ1v) is 8.50. The quantitative estimate of drug-likeness (QED) is 0.897. The van der Waals surface area contributed by atoms with Crippen LogP contribution in [0.3, 0.4) is 0 Å². The van der Waals surface area contributed by atoms with Crippen LogP contribution in [-0.4, -0.2) is 32.5 Å². The Hall–Kier alpha value is -0.940. The standard InChI is InChI=1S/C14H20FNO2S/c1-2-16-14(12-7-8-19(17,18)10-12)9-11-3-5-13(15)6-4-11/h3-6,12,14,16H,2,7-10H2,1H3. The zero-order valence-electron chi connectivity index (χ0n) is 11.1. The van der Waals surface area contributed by atoms with Crippen LogP contribution in [0.25, 0.3) is 0 Å². The number of likely N-dealkylation sites (N-methyl/N-ethyl adjacent to an activating group) is 1. The van der Waals surface area contributed by atoms with Crippen molar-refractivity contribution in [3.63, 3.8) is 0 Å². The van der Waals surface area contributed by atoms with Crippen molar-refractivity contribution in [3.05, 3.63) is 35.6 Å². The Balaban J connectivity index is 2.06. The summed E-state index contributed by atoms with van der Waals surface area (Å²) in [4.78, 5) is 0. The number of benzene rings is 1. The molecule has 5 heteroatoms. The smallest absolute Gasteiger partial charge is 0.150 e. The molecule has 0 bridgehead atoms. The second-order valence-electron chi connectivity index (χ2n) is 5.16. The maximum Gasteiger partial charge on any atom is 0.150 e. The number of nitrogens with one attached hydrogen (secondary N) is 1. The van der Waals surface area contributed by atoms with Gasteiger partial charge in [-0.2, -0.15) is 0 Å². The normalized spacial score (nSPS) is 23.4. The molecule has 0 amide bonds. The van der Waals surface area contributed by atoms with E-state index in [2.05, 4.69) is 5.32 Å². The van der Waals surface area contributed by atoms with Gasteiger partial charge in [0.05, 0.1) is 11.5 Å². The second-order valence-corrected chi connectivity index (χ2v) is 7.39. The average Bonchev–Trinajstić information content (AvgIpc) is 2.72. The van der Waals surface area contributed by atoms with Crippen molar-refractivity contribution in [3.8, 4) is 0 Å². The molecular weight excluding hydrogens is 265 g/mol. The third-order valence-corrected chi connectivity index (χ3v) is 5.47. The molecule has 0 radical (unpaired) electrons. The third-order valence-electron chi connectivity index (χ3n) is 3.67. The molecule has 0 spiro atoms. The fourth-order valence-corrected chi connectivity index (χ4v) is 4.56. The molecule has 106 valence electrons. The van der Waals surface area contributed by atoms with Crippen molar-refractivity contribution in [1.29, 1.82) is 0 Å². The summed E-state index contributed by atoms with van der Waals surface area (Å²) in [5.41, 5.74) is 1.04. The molecule has 3 nitrogen and oxygen atoms in total. The number of halogens is 1. The van der Waals surface area contributed by atoms with E-state index in [1.165, 1.54) is 12.1 Å². The lowest BCUT2D eigenvalue weighted by Crippen LogP contribution is -2.38. The van der Waals surface area contributed by atoms with Crippen molar-refractivity contribution >= 4 is 9.84 Å². The first-order valence-electron chi connectivity index (χ1n) is 6.68. The Labute approximate surface area is 114 Å². The van der Waals surface area contributed by atoms with E-state index >= 15 is 0 Å². The number of hydrogen-bond donors (Lipinski definition) is 1. The minimum atomic E-state index is -2.86. The fraction of sp³-hybridized carbons (Fsp3) is 0.571. The van der Waals surface area contributed by atoms with Gasteiger partial charge in [-0.15, -0.1) is 0 Å². The molecular formula is C14H20FNO2S. The van der Waals surface area contributed by atoms with Crippen LogP contribution < -0.4 is 5.32 Å². The van der Waals surface area contributed by atoms with E-state index in [1.54, 1.807) is 12.1 Å². The number of rotatable bonds is 5. The predicted molar refractivity (Wildman–Crippen MR) is 74.3 cm³/mol. The third kappa shape index (κ3) is 4.01. The van der Waals surface area contributed by atoms with E-state index in [-0.39, 0.29) is 23.5 Å². The Morgan fingerprint density at radius 2 is 2.05 bits per heavy atom. The molecule has 2 rings (SSSR count). The minimum absolute atomic E-state index is 0.146. The van der Waals surface area contributed by atoms with E-state index in [0.29, 0.717) is 5.75 Å². The van der Waals surface area contributed by atoms with Crippen molar-refractivity contribution < 1.29 is 12.8 Å². The van der Waals surface area contributed by atoms with Gasteiger partial charge >= 0.3 is 0 Å². The highest BCUT2D eigenvalue weighted by Gasteiger charge is 2.33. The average molecular weight is 285 g/mol. The molecule has 1 fully saturated rings. The molecule has 1 aromatic rings. The fourth-order valence-electron chi connectivity index (χ4n) is 2.68. The Morgan fingerprint density at radius 3 is 2.58 bits per heavy atom. The zero-order chi connectivity index (χ0) is 13.9. The largest absolute Gasteiger partial charge is 0.314 e. The summed E-state index contributed by atoms with van der Waals surface area (Å²) in [6.07, 6.45) is 1.47. The summed E-state index contributed by atoms with van der Waals surface area (Å²) >= 11 is 0. The van der Waals surface area contributed by atoms with Crippen LogP contribution in [0.4, 0.5) is 4.39 Å². The molecule has 1 heterocycles. The molecule has 1 N–H and O–H groups in total. The summed E-state index contributed by atoms with van der Waals surface area (Å²) in [6, 6.07) is 6.58. The molecule has 1 saturated heterocycles. The van der Waals surface area contributed by atoms with Crippen LogP contribution in [0.15, 0.2) is 24.3 Å². The topological polar surface area (TPSA) is 46.2 Å². The summed E-state index contributed by atoms with van der Waals surface area (Å²) < 4.78 is 36.0. The molecule has 1 aliphatic rings. The van der Waals surface area contributed by atoms with Gasteiger partial charge in [0.1, 0.15) is 5.82 Å². The van der Waals surface area contributed by atoms with E-state index in [4.69, 9.17) is 0 Å². The SMILES string of the molecule is CCNC(Cc1ccc(F)cc1)C1CCS(=O)(=O)C1. The molecule has 0 saturated carbocycles. The maximum atomic E-state index is 12.9. The van der Waals surface area contributed by atoms with Gasteiger partial charge in [-0.25, -0.2) is 12.8 Å². The van der Waals surface area contributed by atoms with Crippen LogP contribution in [0.2, 0.25) is 0 Å². The van der Waals surface area contributed by atoms with Gasteiger partial charge in [0.2, 0.25) is 0 Å². The number of sulfone groups is 1. The van der Waals surface area contributed by atoms with Crippen LogP contribution in [0.5, 0.6) is 0 Å². The summed E-state index contributed by atoms with van der Waals surface area (Å²) in [6.45, 7) is 2.82. The zero-order valence-corrected chi connectivity index (χ0v) is 11.9. The first kappa shape index (κ1) is 14.5. The van der Waals surface area contributed by atoms with Gasteiger partial charge in [-0.1, -0.05) is 19.1 Å². The summed E-state index contributed by atoms with van der Waals surface area (Å²) in [5, 5.41) is 3.37. The van der Waals surface area contributed by atoms with E-state index in [0.717, 1.165) is 24.9 Å².